The van der Waals surface area contributed by atoms with Crippen LogP contribution in [0.15, 0.2) is 18.2 Å². The Labute approximate surface area is 280 Å². The summed E-state index contributed by atoms with van der Waals surface area (Å²) in [5, 5.41) is 17.4. The maximum atomic E-state index is 13.7. The minimum atomic E-state index is -4.06. The molecular formula is C36H54N4O6S. The van der Waals surface area contributed by atoms with Gasteiger partial charge in [-0.25, -0.2) is 0 Å². The highest BCUT2D eigenvalue weighted by Crippen LogP contribution is 2.64. The normalized spacial score (nSPS) is 34.6. The molecule has 3 N–H and O–H groups in total. The van der Waals surface area contributed by atoms with Gasteiger partial charge in [0.1, 0.15) is 11.8 Å². The number of nitrogens with zero attached hydrogens (tertiary/aromatic N) is 3. The van der Waals surface area contributed by atoms with E-state index in [4.69, 9.17) is 9.32 Å². The molecule has 1 aromatic rings. The van der Waals surface area contributed by atoms with Gasteiger partial charge in [-0.1, -0.05) is 38.7 Å². The Morgan fingerprint density at radius 1 is 0.979 bits per heavy atom. The van der Waals surface area contributed by atoms with Crippen LogP contribution < -0.4 is 9.32 Å². The predicted octanol–water partition coefficient (Wildman–Crippen LogP) is 3.96. The van der Waals surface area contributed by atoms with Gasteiger partial charge >= 0.3 is 10.3 Å². The molecule has 5 fully saturated rings. The molecule has 4 aliphatic carbocycles. The molecule has 2 saturated heterocycles. The second-order valence-corrected chi connectivity index (χ2v) is 17.1. The fourth-order valence-corrected chi connectivity index (χ4v) is 11.3. The lowest BCUT2D eigenvalue weighted by Crippen LogP contribution is -2.60. The Morgan fingerprint density at radius 3 is 2.49 bits per heavy atom. The van der Waals surface area contributed by atoms with Gasteiger partial charge in [-0.05, 0) is 105 Å². The van der Waals surface area contributed by atoms with Gasteiger partial charge in [-0.2, -0.15) is 13.6 Å². The topological polar surface area (TPSA) is 133 Å². The molecule has 260 valence electrons. The molecular weight excluding hydrogens is 616 g/mol. The summed E-state index contributed by atoms with van der Waals surface area (Å²) in [4.78, 5) is 33.0. The number of carbonyl (C=O) groups excluding carboxylic acids is 2. The summed E-state index contributed by atoms with van der Waals surface area (Å²) in [6.45, 7) is 6.45. The first-order valence-electron chi connectivity index (χ1n) is 18.3. The first-order chi connectivity index (χ1) is 22.4. The van der Waals surface area contributed by atoms with Crippen LogP contribution in [0.25, 0.3) is 0 Å². The maximum absolute atomic E-state index is 13.7. The van der Waals surface area contributed by atoms with Crippen molar-refractivity contribution >= 4 is 22.1 Å². The molecule has 0 bridgehead atoms. The largest absolute Gasteiger partial charge is 0.388 e. The van der Waals surface area contributed by atoms with Crippen LogP contribution in [0.4, 0.5) is 0 Å². The predicted molar refractivity (Wildman–Crippen MR) is 179 cm³/mol. The smallest absolute Gasteiger partial charge is 0.380 e. The first-order valence-corrected chi connectivity index (χ1v) is 19.8. The van der Waals surface area contributed by atoms with E-state index in [2.05, 4.69) is 11.8 Å². The molecule has 7 rings (SSSR count). The lowest BCUT2D eigenvalue weighted by Gasteiger charge is -2.54. The molecule has 0 radical (unpaired) electrons. The molecule has 0 spiro atoms. The van der Waals surface area contributed by atoms with Gasteiger partial charge in [0.05, 0.1) is 5.60 Å². The van der Waals surface area contributed by atoms with Crippen LogP contribution >= 0.6 is 0 Å². The van der Waals surface area contributed by atoms with Gasteiger partial charge in [0, 0.05) is 51.1 Å². The Balaban J connectivity index is 0.940. The minimum absolute atomic E-state index is 0.113. The number of piperazine rings is 1. The van der Waals surface area contributed by atoms with Gasteiger partial charge in [0.2, 0.25) is 11.8 Å². The molecule has 2 amide bonds. The highest BCUT2D eigenvalue weighted by molar-refractivity contribution is 7.84. The van der Waals surface area contributed by atoms with Crippen LogP contribution in [0.2, 0.25) is 0 Å². The number of β-amino-alcohol motifs (C(OH)–C–C–N with tert-alkyl or cyclic N) is 1. The Kier molecular flexibility index (Phi) is 9.15. The molecule has 11 heteroatoms. The van der Waals surface area contributed by atoms with Crippen LogP contribution in [-0.2, 0) is 26.3 Å². The first kappa shape index (κ1) is 33.3. The van der Waals surface area contributed by atoms with Crippen LogP contribution in [0.3, 0.4) is 0 Å². The van der Waals surface area contributed by atoms with E-state index >= 15 is 0 Å². The molecule has 6 aliphatic rings. The van der Waals surface area contributed by atoms with E-state index in [0.29, 0.717) is 56.3 Å². The van der Waals surface area contributed by atoms with Crippen molar-refractivity contribution in [2.45, 2.75) is 114 Å². The van der Waals surface area contributed by atoms with E-state index in [1.54, 1.807) is 6.07 Å². The second-order valence-electron chi connectivity index (χ2n) is 15.9. The van der Waals surface area contributed by atoms with E-state index in [-0.39, 0.29) is 29.0 Å². The number of hydrogen-bond donors (Lipinski definition) is 2. The third-order valence-corrected chi connectivity index (χ3v) is 13.9. The van der Waals surface area contributed by atoms with Crippen molar-refractivity contribution in [2.75, 3.05) is 39.3 Å². The number of nitrogens with two attached hydrogens (primary N) is 1. The zero-order valence-corrected chi connectivity index (χ0v) is 28.9. The fraction of sp³-hybridized carbons (Fsp3) is 0.778. The summed E-state index contributed by atoms with van der Waals surface area (Å²) in [5.41, 5.74) is 1.50. The van der Waals surface area contributed by atoms with Crippen molar-refractivity contribution in [3.63, 3.8) is 0 Å². The van der Waals surface area contributed by atoms with Gasteiger partial charge in [0.15, 0.2) is 0 Å². The molecule has 10 nitrogen and oxygen atoms in total. The maximum Gasteiger partial charge on any atom is 0.380 e. The highest BCUT2D eigenvalue weighted by atomic mass is 32.2. The number of benzene rings is 1. The van der Waals surface area contributed by atoms with Gasteiger partial charge < -0.3 is 19.1 Å². The molecule has 3 saturated carbocycles. The molecule has 0 aromatic heterocycles. The van der Waals surface area contributed by atoms with Crippen molar-refractivity contribution in [3.8, 4) is 5.75 Å². The fourth-order valence-electron chi connectivity index (χ4n) is 10.9. The zero-order valence-electron chi connectivity index (χ0n) is 28.1. The average molecular weight is 671 g/mol. The van der Waals surface area contributed by atoms with Crippen LogP contribution in [-0.4, -0.2) is 90.9 Å². The standard InChI is InChI=1S/C36H54N4O6S/c1-35-16-14-29-28-12-10-27(46-47(37,44)45)23-26(28)9-11-30(29)31(35)15-17-36(35,43)24-38-19-21-39(22-20-38)34(42)32-7-4-18-40(32)33(41)13-8-25-5-2-3-6-25/h10,12,23,25,29-32,43H,2-9,11,13-22,24H2,1H3,(H2,37,44,45)/t29-,30-,31+,32+,35+,36-/m1/s1. The summed E-state index contributed by atoms with van der Waals surface area (Å²) < 4.78 is 27.8. The summed E-state index contributed by atoms with van der Waals surface area (Å²) >= 11 is 0. The van der Waals surface area contributed by atoms with E-state index in [9.17, 15) is 23.1 Å². The summed E-state index contributed by atoms with van der Waals surface area (Å²) in [7, 11) is -4.06. The Bertz CT molecular complexity index is 1460. The van der Waals surface area contributed by atoms with Crippen molar-refractivity contribution in [1.82, 2.24) is 14.7 Å². The third-order valence-electron chi connectivity index (χ3n) is 13.5. The van der Waals surface area contributed by atoms with Crippen LogP contribution in [0.5, 0.6) is 5.75 Å². The average Bonchev–Trinajstić information content (AvgIpc) is 3.79. The van der Waals surface area contributed by atoms with Crippen molar-refractivity contribution < 1.29 is 27.3 Å². The number of aliphatic hydroxyl groups is 1. The minimum Gasteiger partial charge on any atom is -0.388 e. The van der Waals surface area contributed by atoms with Crippen molar-refractivity contribution in [2.24, 2.45) is 28.3 Å². The van der Waals surface area contributed by atoms with E-state index < -0.39 is 15.9 Å². The lowest BCUT2D eigenvalue weighted by atomic mass is 9.53. The number of aryl methyl sites for hydroxylation is 1. The molecule has 2 aliphatic heterocycles. The summed E-state index contributed by atoms with van der Waals surface area (Å²) in [6.07, 6.45) is 13.9. The Hall–Kier alpha value is -2.21. The summed E-state index contributed by atoms with van der Waals surface area (Å²) in [6, 6.07) is 5.26. The van der Waals surface area contributed by atoms with Gasteiger partial charge in [-0.3, -0.25) is 14.5 Å². The molecule has 6 atom stereocenters. The van der Waals surface area contributed by atoms with Gasteiger partial charge in [0.25, 0.3) is 0 Å². The zero-order chi connectivity index (χ0) is 33.0. The van der Waals surface area contributed by atoms with E-state index in [1.165, 1.54) is 31.2 Å². The van der Waals surface area contributed by atoms with Crippen LogP contribution in [0, 0.1) is 23.2 Å². The molecule has 2 heterocycles. The molecule has 0 unspecified atom stereocenters. The number of rotatable bonds is 8. The highest BCUT2D eigenvalue weighted by Gasteiger charge is 2.61. The SMILES string of the molecule is C[C@]12CC[C@@H]3c4ccc(OS(N)(=O)=O)cc4CC[C@H]3[C@@H]1CC[C@@]2(O)CN1CCN(C(=O)[C@@H]2CCCN2C(=O)CCC2CCCC2)CC1. The van der Waals surface area contributed by atoms with E-state index in [1.807, 2.05) is 21.9 Å². The van der Waals surface area contributed by atoms with Crippen LogP contribution in [0.1, 0.15) is 107 Å². The molecule has 47 heavy (non-hydrogen) atoms. The van der Waals surface area contributed by atoms with E-state index in [0.717, 1.165) is 76.4 Å². The number of likely N-dealkylation sites (tertiary alicyclic amines) is 1. The third kappa shape index (κ3) is 6.46. The monoisotopic (exact) mass is 670 g/mol. The number of carbonyl (C=O) groups is 2. The van der Waals surface area contributed by atoms with Crippen molar-refractivity contribution in [3.05, 3.63) is 29.3 Å². The quantitative estimate of drug-likeness (QED) is 0.428. The lowest BCUT2D eigenvalue weighted by molar-refractivity contribution is -0.146. The summed E-state index contributed by atoms with van der Waals surface area (Å²) in [5.74, 6) is 2.55. The molecule has 1 aromatic carbocycles. The number of fused-ring (bicyclic) bond motifs is 5. The number of amides is 2. The Morgan fingerprint density at radius 2 is 1.74 bits per heavy atom. The van der Waals surface area contributed by atoms with Gasteiger partial charge in [-0.15, -0.1) is 0 Å². The second kappa shape index (κ2) is 12.9. The van der Waals surface area contributed by atoms with Crippen molar-refractivity contribution in [1.29, 1.82) is 0 Å². The number of hydrogen-bond acceptors (Lipinski definition) is 7.